The van der Waals surface area contributed by atoms with Crippen LogP contribution < -0.4 is 5.56 Å². The predicted molar refractivity (Wildman–Crippen MR) is 110 cm³/mol. The van der Waals surface area contributed by atoms with Crippen molar-refractivity contribution in [3.63, 3.8) is 0 Å². The number of H-pyrrole nitrogens is 1. The zero-order chi connectivity index (χ0) is 21.0. The van der Waals surface area contributed by atoms with Gasteiger partial charge < -0.3 is 14.3 Å². The third kappa shape index (κ3) is 4.99. The van der Waals surface area contributed by atoms with Gasteiger partial charge in [-0.2, -0.15) is 0 Å². The van der Waals surface area contributed by atoms with Crippen LogP contribution in [0.2, 0.25) is 0 Å². The van der Waals surface area contributed by atoms with Crippen LogP contribution in [0.25, 0.3) is 11.4 Å². The first-order valence-electron chi connectivity index (χ1n) is 9.70. The number of rotatable bonds is 7. The van der Waals surface area contributed by atoms with Crippen LogP contribution in [0.3, 0.4) is 0 Å². The van der Waals surface area contributed by atoms with E-state index in [9.17, 15) is 9.59 Å². The molecule has 3 heterocycles. The normalized spacial score (nSPS) is 11.1. The highest BCUT2D eigenvalue weighted by Crippen LogP contribution is 2.16. The minimum Gasteiger partial charge on any atom is -0.464 e. The average Bonchev–Trinajstić information content (AvgIpc) is 3.10. The average molecular weight is 394 g/mol. The van der Waals surface area contributed by atoms with Gasteiger partial charge in [-0.1, -0.05) is 0 Å². The second kappa shape index (κ2) is 8.86. The van der Waals surface area contributed by atoms with Crippen molar-refractivity contribution in [3.05, 3.63) is 69.8 Å². The lowest BCUT2D eigenvalue weighted by molar-refractivity contribution is -0.133. The van der Waals surface area contributed by atoms with Crippen molar-refractivity contribution in [2.75, 3.05) is 0 Å². The minimum absolute atomic E-state index is 0.0222. The molecule has 29 heavy (non-hydrogen) atoms. The topological polar surface area (TPSA) is 92.1 Å². The number of pyridine rings is 1. The Balaban J connectivity index is 1.72. The van der Waals surface area contributed by atoms with Crippen LogP contribution in [0.15, 0.2) is 45.9 Å². The second-order valence-corrected chi connectivity index (χ2v) is 7.34. The number of aromatic amines is 1. The number of furan rings is 1. The molecule has 0 fully saturated rings. The van der Waals surface area contributed by atoms with Crippen LogP contribution in [0.4, 0.5) is 0 Å². The number of hydrogen-bond donors (Lipinski definition) is 1. The Kier molecular flexibility index (Phi) is 6.26. The number of hydrogen-bond acceptors (Lipinski definition) is 5. The van der Waals surface area contributed by atoms with Crippen molar-refractivity contribution in [2.24, 2.45) is 0 Å². The van der Waals surface area contributed by atoms with E-state index in [2.05, 4.69) is 15.0 Å². The Hall–Kier alpha value is -3.22. The van der Waals surface area contributed by atoms with Gasteiger partial charge in [0.25, 0.3) is 5.56 Å². The number of amides is 1. The first-order chi connectivity index (χ1) is 13.8. The maximum atomic E-state index is 12.8. The summed E-state index contributed by atoms with van der Waals surface area (Å²) in [6.45, 7) is 8.03. The second-order valence-electron chi connectivity index (χ2n) is 7.34. The molecule has 0 unspecified atom stereocenters. The highest BCUT2D eigenvalue weighted by molar-refractivity contribution is 5.76. The summed E-state index contributed by atoms with van der Waals surface area (Å²) in [7, 11) is 0. The Bertz CT molecular complexity index is 1040. The van der Waals surface area contributed by atoms with Gasteiger partial charge >= 0.3 is 0 Å². The first-order valence-corrected chi connectivity index (χ1v) is 9.70. The smallest absolute Gasteiger partial charge is 0.254 e. The molecule has 3 aromatic rings. The van der Waals surface area contributed by atoms with Crippen LogP contribution >= 0.6 is 0 Å². The Morgan fingerprint density at radius 2 is 1.90 bits per heavy atom. The Morgan fingerprint density at radius 3 is 2.48 bits per heavy atom. The standard InChI is InChI=1S/C22H26N4O3/c1-14(2)26(13-18-6-5-15(3)29-18)20(27)8-7-19-16(4)24-21(25-22(19)28)17-9-11-23-12-10-17/h5-6,9-12,14H,7-8,13H2,1-4H3,(H,24,25,28). The van der Waals surface area contributed by atoms with Crippen molar-refractivity contribution in [1.29, 1.82) is 0 Å². The van der Waals surface area contributed by atoms with Gasteiger partial charge in [0, 0.05) is 41.7 Å². The van der Waals surface area contributed by atoms with Gasteiger partial charge in [0.2, 0.25) is 5.91 Å². The quantitative estimate of drug-likeness (QED) is 0.663. The van der Waals surface area contributed by atoms with Crippen molar-refractivity contribution in [3.8, 4) is 11.4 Å². The molecule has 152 valence electrons. The molecule has 0 aliphatic carbocycles. The molecule has 1 N–H and O–H groups in total. The molecule has 0 saturated heterocycles. The fourth-order valence-electron chi connectivity index (χ4n) is 3.22. The maximum Gasteiger partial charge on any atom is 0.254 e. The van der Waals surface area contributed by atoms with Crippen LogP contribution in [0.1, 0.15) is 43.0 Å². The summed E-state index contributed by atoms with van der Waals surface area (Å²) < 4.78 is 5.61. The lowest BCUT2D eigenvalue weighted by Gasteiger charge is -2.26. The lowest BCUT2D eigenvalue weighted by atomic mass is 10.1. The van der Waals surface area contributed by atoms with Gasteiger partial charge in [0.05, 0.1) is 6.54 Å². The van der Waals surface area contributed by atoms with Crippen molar-refractivity contribution in [1.82, 2.24) is 19.9 Å². The number of aromatic nitrogens is 3. The van der Waals surface area contributed by atoms with E-state index in [1.807, 2.05) is 32.9 Å². The predicted octanol–water partition coefficient (Wildman–Crippen LogP) is 3.41. The SMILES string of the molecule is Cc1ccc(CN(C(=O)CCc2c(C)nc(-c3ccncc3)[nH]c2=O)C(C)C)o1. The van der Waals surface area contributed by atoms with E-state index >= 15 is 0 Å². The van der Waals surface area contributed by atoms with Crippen molar-refractivity contribution >= 4 is 5.91 Å². The highest BCUT2D eigenvalue weighted by Gasteiger charge is 2.20. The molecule has 3 aromatic heterocycles. The number of aryl methyl sites for hydroxylation is 2. The molecule has 0 spiro atoms. The van der Waals surface area contributed by atoms with E-state index < -0.39 is 0 Å². The molecule has 3 rings (SSSR count). The molecular weight excluding hydrogens is 368 g/mol. The summed E-state index contributed by atoms with van der Waals surface area (Å²) in [5, 5.41) is 0. The minimum atomic E-state index is -0.213. The highest BCUT2D eigenvalue weighted by atomic mass is 16.3. The molecule has 0 aromatic carbocycles. The monoisotopic (exact) mass is 394 g/mol. The van der Waals surface area contributed by atoms with Crippen molar-refractivity contribution < 1.29 is 9.21 Å². The van der Waals surface area contributed by atoms with Gasteiger partial charge in [-0.25, -0.2) is 4.98 Å². The molecule has 0 aliphatic rings. The summed E-state index contributed by atoms with van der Waals surface area (Å²) >= 11 is 0. The molecule has 7 nitrogen and oxygen atoms in total. The Morgan fingerprint density at radius 1 is 1.17 bits per heavy atom. The number of nitrogens with one attached hydrogen (secondary N) is 1. The molecular formula is C22H26N4O3. The van der Waals surface area contributed by atoms with E-state index in [0.717, 1.165) is 17.1 Å². The fourth-order valence-corrected chi connectivity index (χ4v) is 3.22. The van der Waals surface area contributed by atoms with Crippen LogP contribution in [-0.4, -0.2) is 31.8 Å². The van der Waals surface area contributed by atoms with E-state index in [0.29, 0.717) is 30.0 Å². The van der Waals surface area contributed by atoms with Gasteiger partial charge in [0.15, 0.2) is 0 Å². The summed E-state index contributed by atoms with van der Waals surface area (Å²) in [5.74, 6) is 2.05. The molecule has 0 bridgehead atoms. The number of nitrogens with zero attached hydrogens (tertiary/aromatic N) is 3. The van der Waals surface area contributed by atoms with E-state index in [1.165, 1.54) is 0 Å². The van der Waals surface area contributed by atoms with E-state index in [1.54, 1.807) is 36.4 Å². The summed E-state index contributed by atoms with van der Waals surface area (Å²) in [6, 6.07) is 7.38. The Labute approximate surface area is 169 Å². The van der Waals surface area contributed by atoms with Gasteiger partial charge in [0.1, 0.15) is 17.3 Å². The van der Waals surface area contributed by atoms with E-state index in [-0.39, 0.29) is 23.9 Å². The van der Waals surface area contributed by atoms with Gasteiger partial charge in [-0.3, -0.25) is 14.6 Å². The molecule has 0 saturated carbocycles. The third-order valence-electron chi connectivity index (χ3n) is 4.83. The van der Waals surface area contributed by atoms with Crippen LogP contribution in [0.5, 0.6) is 0 Å². The molecule has 7 heteroatoms. The fraction of sp³-hybridized carbons (Fsp3) is 0.364. The lowest BCUT2D eigenvalue weighted by Crippen LogP contribution is -2.36. The zero-order valence-electron chi connectivity index (χ0n) is 17.2. The molecule has 0 aliphatic heterocycles. The largest absolute Gasteiger partial charge is 0.464 e. The third-order valence-corrected chi connectivity index (χ3v) is 4.83. The first kappa shape index (κ1) is 20.5. The number of carbonyl (C=O) groups excluding carboxylic acids is 1. The molecule has 1 amide bonds. The summed E-state index contributed by atoms with van der Waals surface area (Å²) in [4.78, 5) is 38.5. The van der Waals surface area contributed by atoms with Crippen LogP contribution in [0, 0.1) is 13.8 Å². The van der Waals surface area contributed by atoms with Crippen molar-refractivity contribution in [2.45, 2.75) is 53.1 Å². The van der Waals surface area contributed by atoms with Gasteiger partial charge in [-0.05, 0) is 58.4 Å². The molecule has 0 atom stereocenters. The number of carbonyl (C=O) groups is 1. The van der Waals surface area contributed by atoms with Gasteiger partial charge in [-0.15, -0.1) is 0 Å². The van der Waals surface area contributed by atoms with E-state index in [4.69, 9.17) is 4.42 Å². The summed E-state index contributed by atoms with van der Waals surface area (Å²) in [5.41, 5.74) is 1.75. The summed E-state index contributed by atoms with van der Waals surface area (Å²) in [6.07, 6.45) is 3.87. The van der Waals surface area contributed by atoms with Crippen LogP contribution in [-0.2, 0) is 17.8 Å². The zero-order valence-corrected chi connectivity index (χ0v) is 17.2. The molecule has 0 radical (unpaired) electrons. The maximum absolute atomic E-state index is 12.8.